The molecular weight excluding hydrogens is 268 g/mol. The zero-order valence-corrected chi connectivity index (χ0v) is 12.8. The number of fused-ring (bicyclic) bond motifs is 2. The van der Waals surface area contributed by atoms with Crippen molar-refractivity contribution in [3.63, 3.8) is 0 Å². The molecule has 1 atom stereocenters. The van der Waals surface area contributed by atoms with Crippen LogP contribution < -0.4 is 0 Å². The SMILES string of the molecule is CCC1(c2cc[nH]n2)C=CC2=C(CCC=C2)c2ccccc21. The van der Waals surface area contributed by atoms with Gasteiger partial charge in [0.1, 0.15) is 0 Å². The van der Waals surface area contributed by atoms with Crippen LogP contribution in [-0.4, -0.2) is 10.2 Å². The number of rotatable bonds is 2. The van der Waals surface area contributed by atoms with Crippen molar-refractivity contribution in [3.05, 3.63) is 83.2 Å². The van der Waals surface area contributed by atoms with Crippen molar-refractivity contribution in [1.29, 1.82) is 0 Å². The second-order valence-corrected chi connectivity index (χ2v) is 6.04. The molecule has 2 aromatic rings. The summed E-state index contributed by atoms with van der Waals surface area (Å²) in [6.07, 6.45) is 14.3. The van der Waals surface area contributed by atoms with E-state index < -0.39 is 0 Å². The van der Waals surface area contributed by atoms with Gasteiger partial charge < -0.3 is 0 Å². The van der Waals surface area contributed by atoms with Gasteiger partial charge in [-0.2, -0.15) is 5.10 Å². The third kappa shape index (κ3) is 1.83. The largest absolute Gasteiger partial charge is 0.285 e. The summed E-state index contributed by atoms with van der Waals surface area (Å²) in [4.78, 5) is 0. The molecule has 110 valence electrons. The first-order valence-electron chi connectivity index (χ1n) is 8.04. The number of hydrogen-bond donors (Lipinski definition) is 1. The Morgan fingerprint density at radius 1 is 1.18 bits per heavy atom. The van der Waals surface area contributed by atoms with Crippen LogP contribution in [0.5, 0.6) is 0 Å². The van der Waals surface area contributed by atoms with Crippen molar-refractivity contribution in [3.8, 4) is 0 Å². The maximum absolute atomic E-state index is 4.53. The van der Waals surface area contributed by atoms with Crippen LogP contribution in [0.4, 0.5) is 0 Å². The molecule has 1 unspecified atom stereocenters. The van der Waals surface area contributed by atoms with Gasteiger partial charge in [-0.15, -0.1) is 0 Å². The van der Waals surface area contributed by atoms with Crippen molar-refractivity contribution in [2.24, 2.45) is 0 Å². The van der Waals surface area contributed by atoms with Crippen LogP contribution in [0.2, 0.25) is 0 Å². The molecule has 2 heteroatoms. The number of aromatic amines is 1. The number of hydrogen-bond acceptors (Lipinski definition) is 1. The molecule has 22 heavy (non-hydrogen) atoms. The molecule has 0 spiro atoms. The van der Waals surface area contributed by atoms with Crippen LogP contribution in [0.25, 0.3) is 5.57 Å². The molecule has 2 aliphatic rings. The van der Waals surface area contributed by atoms with Crippen molar-refractivity contribution < 1.29 is 0 Å². The van der Waals surface area contributed by atoms with Gasteiger partial charge in [0.25, 0.3) is 0 Å². The molecule has 0 radical (unpaired) electrons. The summed E-state index contributed by atoms with van der Waals surface area (Å²) in [7, 11) is 0. The minimum atomic E-state index is -0.151. The van der Waals surface area contributed by atoms with Gasteiger partial charge in [-0.3, -0.25) is 5.10 Å². The van der Waals surface area contributed by atoms with Crippen LogP contribution in [0.1, 0.15) is 43.0 Å². The van der Waals surface area contributed by atoms with Crippen LogP contribution in [0.3, 0.4) is 0 Å². The summed E-state index contributed by atoms with van der Waals surface area (Å²) in [6, 6.07) is 10.9. The summed E-state index contributed by atoms with van der Waals surface area (Å²) >= 11 is 0. The van der Waals surface area contributed by atoms with Crippen molar-refractivity contribution in [1.82, 2.24) is 10.2 Å². The first-order chi connectivity index (χ1) is 10.8. The summed E-state index contributed by atoms with van der Waals surface area (Å²) in [5.41, 5.74) is 6.53. The lowest BCUT2D eigenvalue weighted by Gasteiger charge is -2.30. The highest BCUT2D eigenvalue weighted by atomic mass is 15.1. The van der Waals surface area contributed by atoms with Gasteiger partial charge in [0.15, 0.2) is 0 Å². The van der Waals surface area contributed by atoms with Gasteiger partial charge in [-0.1, -0.05) is 55.5 Å². The van der Waals surface area contributed by atoms with Crippen molar-refractivity contribution >= 4 is 5.57 Å². The standard InChI is InChI=1S/C20H20N2/c1-2-20(19-12-14-21-22-19)13-11-15-7-3-4-8-16(15)17-9-5-6-10-18(17)20/h3,5-7,9-14H,2,4,8H2,1H3,(H,21,22). The Hall–Kier alpha value is -2.35. The monoisotopic (exact) mass is 288 g/mol. The van der Waals surface area contributed by atoms with Crippen LogP contribution in [0, 0.1) is 0 Å². The fourth-order valence-corrected chi connectivity index (χ4v) is 3.81. The molecule has 1 N–H and O–H groups in total. The maximum Gasteiger partial charge on any atom is 0.0765 e. The molecule has 1 heterocycles. The number of nitrogens with zero attached hydrogens (tertiary/aromatic N) is 1. The Bertz CT molecular complexity index is 778. The van der Waals surface area contributed by atoms with E-state index in [4.69, 9.17) is 0 Å². The molecular formula is C20H20N2. The molecule has 2 nitrogen and oxygen atoms in total. The fraction of sp³-hybridized carbons (Fsp3) is 0.250. The zero-order chi connectivity index (χ0) is 15.0. The van der Waals surface area contributed by atoms with Crippen molar-refractivity contribution in [2.45, 2.75) is 31.6 Å². The second-order valence-electron chi connectivity index (χ2n) is 6.04. The Morgan fingerprint density at radius 2 is 2.09 bits per heavy atom. The molecule has 0 fully saturated rings. The molecule has 2 aliphatic carbocycles. The number of allylic oxidation sites excluding steroid dienone is 6. The third-order valence-electron chi connectivity index (χ3n) is 5.00. The normalized spacial score (nSPS) is 23.1. The van der Waals surface area contributed by atoms with E-state index in [-0.39, 0.29) is 5.41 Å². The van der Waals surface area contributed by atoms with Crippen LogP contribution in [0.15, 0.2) is 66.4 Å². The van der Waals surface area contributed by atoms with E-state index >= 15 is 0 Å². The minimum Gasteiger partial charge on any atom is -0.285 e. The average Bonchev–Trinajstić information content (AvgIpc) is 3.07. The van der Waals surface area contributed by atoms with E-state index in [1.165, 1.54) is 22.3 Å². The predicted molar refractivity (Wildman–Crippen MR) is 90.5 cm³/mol. The Morgan fingerprint density at radius 3 is 2.91 bits per heavy atom. The van der Waals surface area contributed by atoms with Gasteiger partial charge in [0, 0.05) is 6.20 Å². The highest BCUT2D eigenvalue weighted by Crippen LogP contribution is 2.44. The molecule has 4 rings (SSSR count). The van der Waals surface area contributed by atoms with Crippen LogP contribution in [-0.2, 0) is 5.41 Å². The zero-order valence-electron chi connectivity index (χ0n) is 12.8. The Balaban J connectivity index is 2.02. The maximum atomic E-state index is 4.53. The lowest BCUT2D eigenvalue weighted by Crippen LogP contribution is -2.26. The molecule has 0 saturated carbocycles. The first kappa shape index (κ1) is 13.3. The lowest BCUT2D eigenvalue weighted by atomic mass is 9.73. The molecule has 1 aromatic carbocycles. The third-order valence-corrected chi connectivity index (χ3v) is 5.00. The van der Waals surface area contributed by atoms with Gasteiger partial charge in [0.2, 0.25) is 0 Å². The molecule has 0 amide bonds. The topological polar surface area (TPSA) is 28.7 Å². The van der Waals surface area contributed by atoms with Gasteiger partial charge in [-0.25, -0.2) is 0 Å². The van der Waals surface area contributed by atoms with E-state index in [0.717, 1.165) is 25.0 Å². The van der Waals surface area contributed by atoms with Crippen molar-refractivity contribution in [2.75, 3.05) is 0 Å². The van der Waals surface area contributed by atoms with Gasteiger partial charge >= 0.3 is 0 Å². The Labute approximate surface area is 131 Å². The highest BCUT2D eigenvalue weighted by molar-refractivity contribution is 5.79. The van der Waals surface area contributed by atoms with E-state index in [9.17, 15) is 0 Å². The van der Waals surface area contributed by atoms with Crippen LogP contribution >= 0.6 is 0 Å². The molecule has 0 aliphatic heterocycles. The number of nitrogens with one attached hydrogen (secondary N) is 1. The minimum absolute atomic E-state index is 0.151. The average molecular weight is 288 g/mol. The Kier molecular flexibility index (Phi) is 3.11. The van der Waals surface area contributed by atoms with Gasteiger partial charge in [0.05, 0.1) is 11.1 Å². The number of H-pyrrole nitrogens is 1. The summed E-state index contributed by atoms with van der Waals surface area (Å²) in [5, 5.41) is 7.52. The van der Waals surface area contributed by atoms with E-state index in [1.807, 2.05) is 6.20 Å². The van der Waals surface area contributed by atoms with Gasteiger partial charge in [-0.05, 0) is 47.6 Å². The first-order valence-corrected chi connectivity index (χ1v) is 8.04. The lowest BCUT2D eigenvalue weighted by molar-refractivity contribution is 0.594. The van der Waals surface area contributed by atoms with E-state index in [1.54, 1.807) is 0 Å². The number of benzene rings is 1. The summed E-state index contributed by atoms with van der Waals surface area (Å²) in [6.45, 7) is 2.25. The molecule has 1 aromatic heterocycles. The summed E-state index contributed by atoms with van der Waals surface area (Å²) < 4.78 is 0. The molecule has 0 bridgehead atoms. The number of aromatic nitrogens is 2. The fourth-order valence-electron chi connectivity index (χ4n) is 3.81. The smallest absolute Gasteiger partial charge is 0.0765 e. The summed E-state index contributed by atoms with van der Waals surface area (Å²) in [5.74, 6) is 0. The predicted octanol–water partition coefficient (Wildman–Crippen LogP) is 4.78. The quantitative estimate of drug-likeness (QED) is 0.846. The molecule has 0 saturated heterocycles. The second kappa shape index (κ2) is 5.13. The van der Waals surface area contributed by atoms with E-state index in [0.29, 0.717) is 0 Å². The highest BCUT2D eigenvalue weighted by Gasteiger charge is 2.36. The van der Waals surface area contributed by atoms with E-state index in [2.05, 4.69) is 71.8 Å².